The third-order valence-corrected chi connectivity index (χ3v) is 3.57. The summed E-state index contributed by atoms with van der Waals surface area (Å²) >= 11 is 4.49. The molecule has 2 N–H and O–H groups in total. The van der Waals surface area contributed by atoms with Crippen molar-refractivity contribution < 1.29 is 0 Å². The Morgan fingerprint density at radius 2 is 2.07 bits per heavy atom. The Hall–Kier alpha value is -0.210. The van der Waals surface area contributed by atoms with Crippen molar-refractivity contribution in [3.8, 4) is 0 Å². The first-order valence-corrected chi connectivity index (χ1v) is 5.63. The Kier molecular flexibility index (Phi) is 5.53. The van der Waals surface area contributed by atoms with Gasteiger partial charge in [0.25, 0.3) is 0 Å². The summed E-state index contributed by atoms with van der Waals surface area (Å²) in [6.07, 6.45) is 5.13. The lowest BCUT2D eigenvalue weighted by molar-refractivity contribution is 0.450. The highest BCUT2D eigenvalue weighted by Gasteiger charge is 2.27. The van der Waals surface area contributed by atoms with E-state index in [1.54, 1.807) is 0 Å². The average molecular weight is 213 g/mol. The van der Waals surface area contributed by atoms with Gasteiger partial charge in [0.15, 0.2) is 0 Å². The molecule has 0 fully saturated rings. The normalized spacial score (nSPS) is 21.1. The smallest absolute Gasteiger partial charge is 0.0495 e. The zero-order valence-electron chi connectivity index (χ0n) is 9.75. The van der Waals surface area contributed by atoms with Crippen LogP contribution in [0.1, 0.15) is 34.1 Å². The van der Waals surface area contributed by atoms with Crippen LogP contribution in [-0.2, 0) is 0 Å². The highest BCUT2D eigenvalue weighted by atomic mass is 32.1. The molecule has 0 aromatic carbocycles. The fourth-order valence-corrected chi connectivity index (χ4v) is 1.50. The topological polar surface area (TPSA) is 26.0 Å². The van der Waals surface area contributed by atoms with E-state index in [9.17, 15) is 0 Å². The quantitative estimate of drug-likeness (QED) is 0.531. The van der Waals surface area contributed by atoms with Crippen molar-refractivity contribution in [1.29, 1.82) is 0 Å². The third-order valence-electron chi connectivity index (χ3n) is 2.94. The van der Waals surface area contributed by atoms with Crippen LogP contribution < -0.4 is 5.73 Å². The molecule has 0 radical (unpaired) electrons. The Morgan fingerprint density at radius 1 is 1.57 bits per heavy atom. The second kappa shape index (κ2) is 5.62. The summed E-state index contributed by atoms with van der Waals surface area (Å²) in [5.74, 6) is 0.762. The summed E-state index contributed by atoms with van der Waals surface area (Å²) < 4.78 is 0. The van der Waals surface area contributed by atoms with Crippen molar-refractivity contribution in [1.82, 2.24) is 0 Å². The molecule has 0 saturated heterocycles. The van der Waals surface area contributed by atoms with E-state index in [4.69, 9.17) is 5.73 Å². The van der Waals surface area contributed by atoms with E-state index in [0.29, 0.717) is 5.92 Å². The summed E-state index contributed by atoms with van der Waals surface area (Å²) in [6, 6.07) is 0. The first-order valence-electron chi connectivity index (χ1n) is 5.18. The second-order valence-corrected chi connectivity index (χ2v) is 4.73. The van der Waals surface area contributed by atoms with Gasteiger partial charge in [0.1, 0.15) is 0 Å². The fourth-order valence-electron chi connectivity index (χ4n) is 1.04. The van der Waals surface area contributed by atoms with Gasteiger partial charge in [-0.15, -0.1) is 19.2 Å². The van der Waals surface area contributed by atoms with Gasteiger partial charge >= 0.3 is 0 Å². The number of allylic oxidation sites excluding steroid dienone is 1. The van der Waals surface area contributed by atoms with Crippen LogP contribution in [0, 0.1) is 11.8 Å². The van der Waals surface area contributed by atoms with E-state index in [-0.39, 0.29) is 5.92 Å². The molecule has 0 amide bonds. The van der Waals surface area contributed by atoms with E-state index < -0.39 is 5.54 Å². The van der Waals surface area contributed by atoms with Gasteiger partial charge in [0, 0.05) is 5.54 Å². The molecule has 2 heteroatoms. The number of hydrogen-bond acceptors (Lipinski definition) is 2. The molecule has 0 saturated carbocycles. The Bertz CT molecular complexity index is 218. The summed E-state index contributed by atoms with van der Waals surface area (Å²) in [7, 11) is 0. The first-order chi connectivity index (χ1) is 6.36. The third kappa shape index (κ3) is 3.50. The molecule has 82 valence electrons. The first kappa shape index (κ1) is 13.8. The lowest BCUT2D eigenvalue weighted by Gasteiger charge is -2.30. The molecule has 3 atom stereocenters. The lowest BCUT2D eigenvalue weighted by atomic mass is 9.86. The fraction of sp³-hybridized carbons (Fsp3) is 0.667. The minimum Gasteiger partial charge on any atom is -0.321 e. The Morgan fingerprint density at radius 3 is 2.43 bits per heavy atom. The molecule has 2 unspecified atom stereocenters. The van der Waals surface area contributed by atoms with Crippen LogP contribution in [0.5, 0.6) is 0 Å². The summed E-state index contributed by atoms with van der Waals surface area (Å²) in [5.41, 5.74) is 5.81. The lowest BCUT2D eigenvalue weighted by Crippen LogP contribution is -2.42. The molecule has 0 aliphatic carbocycles. The Balaban J connectivity index is 4.72. The molecule has 1 nitrogen and oxygen atoms in total. The molecule has 0 aromatic rings. The largest absolute Gasteiger partial charge is 0.321 e. The molecule has 0 bridgehead atoms. The predicted octanol–water partition coefficient (Wildman–Crippen LogP) is 3.39. The van der Waals surface area contributed by atoms with Gasteiger partial charge < -0.3 is 5.73 Å². The van der Waals surface area contributed by atoms with Gasteiger partial charge in [0.2, 0.25) is 0 Å². The van der Waals surface area contributed by atoms with Crippen LogP contribution in [0.2, 0.25) is 0 Å². The van der Waals surface area contributed by atoms with Gasteiger partial charge in [0.05, 0.1) is 0 Å². The van der Waals surface area contributed by atoms with Crippen molar-refractivity contribution >= 4 is 12.6 Å². The maximum atomic E-state index is 6.20. The van der Waals surface area contributed by atoms with Crippen LogP contribution in [0.3, 0.4) is 0 Å². The van der Waals surface area contributed by atoms with E-state index in [0.717, 1.165) is 11.3 Å². The monoisotopic (exact) mass is 213 g/mol. The summed E-state index contributed by atoms with van der Waals surface area (Å²) in [6.45, 7) is 12.2. The van der Waals surface area contributed by atoms with E-state index in [1.807, 2.05) is 13.0 Å². The SMILES string of the molecule is C=CC(C)C(C)(N)/C(S)=C\[C@@H](C)CC. The molecule has 0 heterocycles. The van der Waals surface area contributed by atoms with Gasteiger partial charge in [-0.1, -0.05) is 39.3 Å². The number of nitrogens with two attached hydrogens (primary N) is 1. The maximum Gasteiger partial charge on any atom is 0.0495 e. The minimum atomic E-state index is -0.395. The maximum absolute atomic E-state index is 6.20. The van der Waals surface area contributed by atoms with Crippen molar-refractivity contribution in [2.75, 3.05) is 0 Å². The van der Waals surface area contributed by atoms with Crippen LogP contribution in [0.4, 0.5) is 0 Å². The number of thiol groups is 1. The minimum absolute atomic E-state index is 0.232. The molecule has 0 aromatic heterocycles. The molecular weight excluding hydrogens is 190 g/mol. The van der Waals surface area contributed by atoms with Gasteiger partial charge in [-0.3, -0.25) is 0 Å². The molecule has 0 rings (SSSR count). The van der Waals surface area contributed by atoms with E-state index in [1.165, 1.54) is 0 Å². The predicted molar refractivity (Wildman–Crippen MR) is 68.5 cm³/mol. The zero-order valence-corrected chi connectivity index (χ0v) is 10.6. The van der Waals surface area contributed by atoms with Crippen LogP contribution in [0.15, 0.2) is 23.6 Å². The highest BCUT2D eigenvalue weighted by Crippen LogP contribution is 2.28. The summed E-state index contributed by atoms with van der Waals surface area (Å²) in [4.78, 5) is 0.958. The highest BCUT2D eigenvalue weighted by molar-refractivity contribution is 7.84. The van der Waals surface area contributed by atoms with Gasteiger partial charge in [-0.25, -0.2) is 0 Å². The van der Waals surface area contributed by atoms with Gasteiger partial charge in [-0.2, -0.15) is 0 Å². The van der Waals surface area contributed by atoms with Crippen molar-refractivity contribution in [3.63, 3.8) is 0 Å². The summed E-state index contributed by atoms with van der Waals surface area (Å²) in [5, 5.41) is 0. The van der Waals surface area contributed by atoms with Crippen molar-refractivity contribution in [2.45, 2.75) is 39.7 Å². The standard InChI is InChI=1S/C12H23NS/c1-6-9(3)8-11(14)12(5,13)10(4)7-2/h7-10,14H,2,6,13H2,1,3-5H3/b11-8+/t9-,10?,12?/m0/s1. The van der Waals surface area contributed by atoms with Crippen LogP contribution >= 0.6 is 12.6 Å². The molecule has 0 spiro atoms. The van der Waals surface area contributed by atoms with E-state index >= 15 is 0 Å². The van der Waals surface area contributed by atoms with Crippen LogP contribution in [-0.4, -0.2) is 5.54 Å². The molecular formula is C12H23NS. The molecule has 0 aliphatic rings. The van der Waals surface area contributed by atoms with Crippen molar-refractivity contribution in [3.05, 3.63) is 23.6 Å². The van der Waals surface area contributed by atoms with Gasteiger partial charge in [-0.05, 0) is 23.7 Å². The number of hydrogen-bond donors (Lipinski definition) is 2. The van der Waals surface area contributed by atoms with Crippen LogP contribution in [0.25, 0.3) is 0 Å². The van der Waals surface area contributed by atoms with Crippen molar-refractivity contribution in [2.24, 2.45) is 17.6 Å². The zero-order chi connectivity index (χ0) is 11.4. The average Bonchev–Trinajstić information content (AvgIpc) is 2.15. The Labute approximate surface area is 93.9 Å². The molecule has 14 heavy (non-hydrogen) atoms. The second-order valence-electron chi connectivity index (χ2n) is 4.24. The van der Waals surface area contributed by atoms with E-state index in [2.05, 4.69) is 46.1 Å². The molecule has 0 aliphatic heterocycles. The number of rotatable bonds is 5.